The van der Waals surface area contributed by atoms with Gasteiger partial charge in [0.1, 0.15) is 0 Å². The molecule has 0 atom stereocenters. The third-order valence-electron chi connectivity index (χ3n) is 5.73. The zero-order chi connectivity index (χ0) is 15.7. The minimum Gasteiger partial charge on any atom is -0.342 e. The Bertz CT molecular complexity index is 703. The zero-order valence-corrected chi connectivity index (χ0v) is 13.6. The van der Waals surface area contributed by atoms with E-state index in [0.717, 1.165) is 44.6 Å². The van der Waals surface area contributed by atoms with Gasteiger partial charge in [-0.2, -0.15) is 0 Å². The van der Waals surface area contributed by atoms with Gasteiger partial charge in [0.2, 0.25) is 5.91 Å². The third kappa shape index (κ3) is 2.86. The highest BCUT2D eigenvalue weighted by Crippen LogP contribution is 2.37. The van der Waals surface area contributed by atoms with E-state index in [4.69, 9.17) is 0 Å². The summed E-state index contributed by atoms with van der Waals surface area (Å²) in [6.45, 7) is 4.12. The quantitative estimate of drug-likeness (QED) is 0.925. The maximum atomic E-state index is 12.7. The molecule has 2 aromatic carbocycles. The maximum Gasteiger partial charge on any atom is 0.227 e. The summed E-state index contributed by atoms with van der Waals surface area (Å²) in [4.78, 5) is 14.8. The molecule has 23 heavy (non-hydrogen) atoms. The standard InChI is InChI=1S/C20H24N2O/c23-19(22-12-9-20(10-13-22)8-11-21-15-20)14-17-6-3-5-16-4-1-2-7-18(16)17/h1-7,21H,8-15H2. The predicted molar refractivity (Wildman–Crippen MR) is 93.4 cm³/mol. The second kappa shape index (κ2) is 5.97. The molecule has 0 unspecified atom stereocenters. The van der Waals surface area contributed by atoms with Crippen LogP contribution in [0.25, 0.3) is 10.8 Å². The summed E-state index contributed by atoms with van der Waals surface area (Å²) in [6.07, 6.45) is 4.10. The van der Waals surface area contributed by atoms with Crippen molar-refractivity contribution in [3.8, 4) is 0 Å². The highest BCUT2D eigenvalue weighted by molar-refractivity contribution is 5.90. The Kier molecular flexibility index (Phi) is 3.82. The molecular weight excluding hydrogens is 284 g/mol. The first-order chi connectivity index (χ1) is 11.3. The van der Waals surface area contributed by atoms with E-state index in [9.17, 15) is 4.79 Å². The highest BCUT2D eigenvalue weighted by Gasteiger charge is 2.37. The van der Waals surface area contributed by atoms with Gasteiger partial charge in [0.15, 0.2) is 0 Å². The van der Waals surface area contributed by atoms with Crippen molar-refractivity contribution in [2.75, 3.05) is 26.2 Å². The number of hydrogen-bond acceptors (Lipinski definition) is 2. The lowest BCUT2D eigenvalue weighted by Gasteiger charge is -2.39. The van der Waals surface area contributed by atoms with E-state index in [1.165, 1.54) is 17.2 Å². The molecule has 2 fully saturated rings. The molecule has 2 aliphatic rings. The Balaban J connectivity index is 1.46. The maximum absolute atomic E-state index is 12.7. The molecule has 2 saturated heterocycles. The van der Waals surface area contributed by atoms with Gasteiger partial charge >= 0.3 is 0 Å². The van der Waals surface area contributed by atoms with Crippen LogP contribution < -0.4 is 5.32 Å². The molecule has 3 nitrogen and oxygen atoms in total. The van der Waals surface area contributed by atoms with E-state index in [1.54, 1.807) is 0 Å². The van der Waals surface area contributed by atoms with Gasteiger partial charge < -0.3 is 10.2 Å². The molecule has 2 aliphatic heterocycles. The van der Waals surface area contributed by atoms with Gasteiger partial charge in [0, 0.05) is 19.6 Å². The topological polar surface area (TPSA) is 32.3 Å². The van der Waals surface area contributed by atoms with Gasteiger partial charge in [0.25, 0.3) is 0 Å². The Morgan fingerprint density at radius 2 is 1.83 bits per heavy atom. The summed E-state index contributed by atoms with van der Waals surface area (Å²) in [6, 6.07) is 14.6. The number of rotatable bonds is 2. The van der Waals surface area contributed by atoms with Crippen LogP contribution in [0.15, 0.2) is 42.5 Å². The molecule has 1 amide bonds. The molecule has 2 heterocycles. The molecule has 0 radical (unpaired) electrons. The van der Waals surface area contributed by atoms with Crippen LogP contribution >= 0.6 is 0 Å². The van der Waals surface area contributed by atoms with Crippen molar-refractivity contribution >= 4 is 16.7 Å². The van der Waals surface area contributed by atoms with Gasteiger partial charge in [-0.25, -0.2) is 0 Å². The highest BCUT2D eigenvalue weighted by atomic mass is 16.2. The lowest BCUT2D eigenvalue weighted by Crippen LogP contribution is -2.44. The molecule has 0 bridgehead atoms. The SMILES string of the molecule is O=C(Cc1cccc2ccccc12)N1CCC2(CCNC2)CC1. The Labute approximate surface area is 137 Å². The van der Waals surface area contributed by atoms with Crippen molar-refractivity contribution in [3.63, 3.8) is 0 Å². The molecule has 0 saturated carbocycles. The van der Waals surface area contributed by atoms with E-state index in [2.05, 4.69) is 40.5 Å². The Hall–Kier alpha value is -1.87. The summed E-state index contributed by atoms with van der Waals surface area (Å²) in [7, 11) is 0. The first-order valence-corrected chi connectivity index (χ1v) is 8.71. The summed E-state index contributed by atoms with van der Waals surface area (Å²) in [5.41, 5.74) is 1.62. The van der Waals surface area contributed by atoms with Crippen molar-refractivity contribution in [2.24, 2.45) is 5.41 Å². The summed E-state index contributed by atoms with van der Waals surface area (Å²) in [5, 5.41) is 5.90. The smallest absolute Gasteiger partial charge is 0.227 e. The molecular formula is C20H24N2O. The number of likely N-dealkylation sites (tertiary alicyclic amines) is 1. The van der Waals surface area contributed by atoms with Crippen LogP contribution in [0.2, 0.25) is 0 Å². The monoisotopic (exact) mass is 308 g/mol. The van der Waals surface area contributed by atoms with Gasteiger partial charge in [-0.05, 0) is 47.6 Å². The van der Waals surface area contributed by atoms with Crippen LogP contribution in [0.5, 0.6) is 0 Å². The number of fused-ring (bicyclic) bond motifs is 1. The van der Waals surface area contributed by atoms with Crippen LogP contribution in [0.4, 0.5) is 0 Å². The molecule has 0 aromatic heterocycles. The lowest BCUT2D eigenvalue weighted by molar-refractivity contribution is -0.132. The Morgan fingerprint density at radius 3 is 2.61 bits per heavy atom. The first-order valence-electron chi connectivity index (χ1n) is 8.71. The number of nitrogens with one attached hydrogen (secondary N) is 1. The molecule has 1 spiro atoms. The van der Waals surface area contributed by atoms with Crippen LogP contribution in [0.1, 0.15) is 24.8 Å². The number of amides is 1. The van der Waals surface area contributed by atoms with E-state index in [0.29, 0.717) is 11.8 Å². The number of hydrogen-bond donors (Lipinski definition) is 1. The fourth-order valence-electron chi connectivity index (χ4n) is 4.17. The fraction of sp³-hybridized carbons (Fsp3) is 0.450. The number of benzene rings is 2. The largest absolute Gasteiger partial charge is 0.342 e. The van der Waals surface area contributed by atoms with E-state index >= 15 is 0 Å². The van der Waals surface area contributed by atoms with Crippen LogP contribution in [-0.4, -0.2) is 37.0 Å². The molecule has 0 aliphatic carbocycles. The first kappa shape index (κ1) is 14.7. The van der Waals surface area contributed by atoms with Crippen LogP contribution in [-0.2, 0) is 11.2 Å². The molecule has 120 valence electrons. The second-order valence-corrected chi connectivity index (χ2v) is 7.12. The van der Waals surface area contributed by atoms with Gasteiger partial charge in [0.05, 0.1) is 6.42 Å². The second-order valence-electron chi connectivity index (χ2n) is 7.12. The van der Waals surface area contributed by atoms with Crippen molar-refractivity contribution in [2.45, 2.75) is 25.7 Å². The lowest BCUT2D eigenvalue weighted by atomic mass is 9.78. The number of carbonyl (C=O) groups excluding carboxylic acids is 1. The normalized spacial score (nSPS) is 20.3. The third-order valence-corrected chi connectivity index (χ3v) is 5.73. The number of piperidine rings is 1. The molecule has 2 aromatic rings. The zero-order valence-electron chi connectivity index (χ0n) is 13.6. The minimum atomic E-state index is 0.280. The number of nitrogens with zero attached hydrogens (tertiary/aromatic N) is 1. The van der Waals surface area contributed by atoms with Gasteiger partial charge in [-0.3, -0.25) is 4.79 Å². The fourth-order valence-corrected chi connectivity index (χ4v) is 4.17. The predicted octanol–water partition coefficient (Wildman–Crippen LogP) is 2.98. The average Bonchev–Trinajstić information content (AvgIpc) is 3.04. The van der Waals surface area contributed by atoms with E-state index in [1.807, 2.05) is 12.1 Å². The summed E-state index contributed by atoms with van der Waals surface area (Å²) >= 11 is 0. The van der Waals surface area contributed by atoms with Crippen molar-refractivity contribution in [1.29, 1.82) is 0 Å². The average molecular weight is 308 g/mol. The molecule has 1 N–H and O–H groups in total. The van der Waals surface area contributed by atoms with Gasteiger partial charge in [-0.1, -0.05) is 42.5 Å². The summed E-state index contributed by atoms with van der Waals surface area (Å²) in [5.74, 6) is 0.280. The van der Waals surface area contributed by atoms with Crippen molar-refractivity contribution < 1.29 is 4.79 Å². The number of carbonyl (C=O) groups is 1. The van der Waals surface area contributed by atoms with E-state index in [-0.39, 0.29) is 5.91 Å². The van der Waals surface area contributed by atoms with Crippen molar-refractivity contribution in [3.05, 3.63) is 48.0 Å². The van der Waals surface area contributed by atoms with E-state index < -0.39 is 0 Å². The van der Waals surface area contributed by atoms with Gasteiger partial charge in [-0.15, -0.1) is 0 Å². The summed E-state index contributed by atoms with van der Waals surface area (Å²) < 4.78 is 0. The van der Waals surface area contributed by atoms with Crippen molar-refractivity contribution in [1.82, 2.24) is 10.2 Å². The molecule has 3 heteroatoms. The van der Waals surface area contributed by atoms with Crippen LogP contribution in [0.3, 0.4) is 0 Å². The Morgan fingerprint density at radius 1 is 1.04 bits per heavy atom. The minimum absolute atomic E-state index is 0.280. The van der Waals surface area contributed by atoms with Crippen LogP contribution in [0, 0.1) is 5.41 Å². The molecule has 4 rings (SSSR count).